The minimum absolute atomic E-state index is 0.255. The molecule has 1 heterocycles. The molecule has 108 valence electrons. The Morgan fingerprint density at radius 2 is 2.25 bits per heavy atom. The number of rotatable bonds is 3. The van der Waals surface area contributed by atoms with Crippen molar-refractivity contribution in [2.45, 2.75) is 25.8 Å². The zero-order chi connectivity index (χ0) is 14.7. The predicted octanol–water partition coefficient (Wildman–Crippen LogP) is 2.09. The number of anilines is 1. The summed E-state index contributed by atoms with van der Waals surface area (Å²) >= 11 is 5.82. The molecule has 1 atom stereocenters. The second-order valence-electron chi connectivity index (χ2n) is 4.64. The van der Waals surface area contributed by atoms with Gasteiger partial charge in [-0.05, 0) is 38.0 Å². The third-order valence-electron chi connectivity index (χ3n) is 3.32. The minimum atomic E-state index is -0.516. The van der Waals surface area contributed by atoms with Crippen LogP contribution in [0.1, 0.15) is 30.1 Å². The highest BCUT2D eigenvalue weighted by atomic mass is 35.5. The fourth-order valence-electron chi connectivity index (χ4n) is 2.38. The molecule has 1 amide bonds. The Labute approximate surface area is 122 Å². The van der Waals surface area contributed by atoms with Gasteiger partial charge in [0.2, 0.25) is 0 Å². The Hall–Kier alpha value is -1.75. The number of ether oxygens (including phenoxy) is 1. The van der Waals surface area contributed by atoms with E-state index < -0.39 is 6.04 Å². The van der Waals surface area contributed by atoms with E-state index in [9.17, 15) is 9.59 Å². The number of nitrogen functional groups attached to an aromatic ring is 1. The summed E-state index contributed by atoms with van der Waals surface area (Å²) in [7, 11) is 0. The number of carbonyl (C=O) groups is 2. The van der Waals surface area contributed by atoms with Crippen LogP contribution in [0.2, 0.25) is 5.02 Å². The normalized spacial score (nSPS) is 18.1. The van der Waals surface area contributed by atoms with Crippen molar-refractivity contribution in [2.75, 3.05) is 18.9 Å². The highest BCUT2D eigenvalue weighted by Gasteiger charge is 2.36. The third kappa shape index (κ3) is 2.88. The van der Waals surface area contributed by atoms with Gasteiger partial charge < -0.3 is 15.4 Å². The van der Waals surface area contributed by atoms with Gasteiger partial charge in [-0.2, -0.15) is 0 Å². The maximum atomic E-state index is 12.5. The van der Waals surface area contributed by atoms with Gasteiger partial charge in [0.15, 0.2) is 0 Å². The Bertz CT molecular complexity index is 533. The molecule has 5 nitrogen and oxygen atoms in total. The summed E-state index contributed by atoms with van der Waals surface area (Å²) in [4.78, 5) is 25.9. The molecule has 1 fully saturated rings. The monoisotopic (exact) mass is 296 g/mol. The first kappa shape index (κ1) is 14.7. The molecule has 1 aliphatic heterocycles. The number of hydrogen-bond donors (Lipinski definition) is 1. The SMILES string of the molecule is CCOC(=O)C1CCCN1C(=O)c1ccc(Cl)cc1N. The van der Waals surface area contributed by atoms with Crippen molar-refractivity contribution in [1.29, 1.82) is 0 Å². The van der Waals surface area contributed by atoms with E-state index in [1.807, 2.05) is 0 Å². The van der Waals surface area contributed by atoms with Gasteiger partial charge in [0.25, 0.3) is 5.91 Å². The van der Waals surface area contributed by atoms with Crippen LogP contribution in [0.15, 0.2) is 18.2 Å². The molecular formula is C14H17ClN2O3. The fourth-order valence-corrected chi connectivity index (χ4v) is 2.56. The first-order valence-electron chi connectivity index (χ1n) is 6.57. The summed E-state index contributed by atoms with van der Waals surface area (Å²) in [5.74, 6) is -0.611. The van der Waals surface area contributed by atoms with E-state index in [2.05, 4.69) is 0 Å². The van der Waals surface area contributed by atoms with Gasteiger partial charge in [-0.15, -0.1) is 0 Å². The maximum absolute atomic E-state index is 12.5. The van der Waals surface area contributed by atoms with Crippen LogP contribution in [0.5, 0.6) is 0 Å². The molecule has 1 aromatic rings. The number of nitrogens with two attached hydrogens (primary N) is 1. The molecule has 1 aliphatic rings. The molecule has 2 rings (SSSR count). The summed E-state index contributed by atoms with van der Waals surface area (Å²) in [5, 5.41) is 0.474. The smallest absolute Gasteiger partial charge is 0.328 e. The number of benzene rings is 1. The van der Waals surface area contributed by atoms with Crippen LogP contribution in [0.3, 0.4) is 0 Å². The first-order chi connectivity index (χ1) is 9.54. The van der Waals surface area contributed by atoms with Crippen LogP contribution < -0.4 is 5.73 Å². The summed E-state index contributed by atoms with van der Waals surface area (Å²) in [6.07, 6.45) is 1.40. The number of esters is 1. The second kappa shape index (κ2) is 6.13. The summed E-state index contributed by atoms with van der Waals surface area (Å²) in [6, 6.07) is 4.21. The average molecular weight is 297 g/mol. The fraction of sp³-hybridized carbons (Fsp3) is 0.429. The highest BCUT2D eigenvalue weighted by Crippen LogP contribution is 2.25. The zero-order valence-corrected chi connectivity index (χ0v) is 12.0. The summed E-state index contributed by atoms with van der Waals surface area (Å²) in [6.45, 7) is 2.58. The van der Waals surface area contributed by atoms with Crippen LogP contribution in [0.4, 0.5) is 5.69 Å². The summed E-state index contributed by atoms with van der Waals surface area (Å²) < 4.78 is 5.01. The average Bonchev–Trinajstić information content (AvgIpc) is 2.87. The van der Waals surface area contributed by atoms with Gasteiger partial charge in [0, 0.05) is 17.3 Å². The maximum Gasteiger partial charge on any atom is 0.328 e. The Morgan fingerprint density at radius 1 is 1.50 bits per heavy atom. The van der Waals surface area contributed by atoms with Gasteiger partial charge in [-0.1, -0.05) is 11.6 Å². The van der Waals surface area contributed by atoms with Crippen LogP contribution in [-0.2, 0) is 9.53 Å². The van der Waals surface area contributed by atoms with Gasteiger partial charge in [-0.3, -0.25) is 4.79 Å². The van der Waals surface area contributed by atoms with E-state index in [1.165, 1.54) is 11.0 Å². The number of likely N-dealkylation sites (tertiary alicyclic amines) is 1. The van der Waals surface area contributed by atoms with Crippen LogP contribution in [0, 0.1) is 0 Å². The van der Waals surface area contributed by atoms with E-state index in [0.29, 0.717) is 35.8 Å². The summed E-state index contributed by atoms with van der Waals surface area (Å²) in [5.41, 5.74) is 6.50. The molecule has 0 aromatic heterocycles. The van der Waals surface area contributed by atoms with E-state index in [1.54, 1.807) is 19.1 Å². The molecule has 1 saturated heterocycles. The zero-order valence-electron chi connectivity index (χ0n) is 11.3. The van der Waals surface area contributed by atoms with E-state index in [-0.39, 0.29) is 11.9 Å². The molecule has 1 unspecified atom stereocenters. The lowest BCUT2D eigenvalue weighted by Gasteiger charge is -2.23. The van der Waals surface area contributed by atoms with Crippen molar-refractivity contribution < 1.29 is 14.3 Å². The van der Waals surface area contributed by atoms with Crippen LogP contribution >= 0.6 is 11.6 Å². The van der Waals surface area contributed by atoms with Gasteiger partial charge in [0.1, 0.15) is 6.04 Å². The van der Waals surface area contributed by atoms with Crippen molar-refractivity contribution in [3.05, 3.63) is 28.8 Å². The molecule has 2 N–H and O–H groups in total. The number of carbonyl (C=O) groups excluding carboxylic acids is 2. The predicted molar refractivity (Wildman–Crippen MR) is 76.6 cm³/mol. The molecule has 0 saturated carbocycles. The molecule has 0 bridgehead atoms. The van der Waals surface area contributed by atoms with E-state index in [4.69, 9.17) is 22.1 Å². The highest BCUT2D eigenvalue weighted by molar-refractivity contribution is 6.31. The van der Waals surface area contributed by atoms with Crippen LogP contribution in [-0.4, -0.2) is 36.0 Å². The topological polar surface area (TPSA) is 72.6 Å². The van der Waals surface area contributed by atoms with Crippen molar-refractivity contribution in [2.24, 2.45) is 0 Å². The number of amides is 1. The Kier molecular flexibility index (Phi) is 4.49. The van der Waals surface area contributed by atoms with E-state index >= 15 is 0 Å². The minimum Gasteiger partial charge on any atom is -0.464 e. The molecule has 6 heteroatoms. The van der Waals surface area contributed by atoms with Crippen molar-refractivity contribution in [3.8, 4) is 0 Å². The van der Waals surface area contributed by atoms with Crippen molar-refractivity contribution in [3.63, 3.8) is 0 Å². The van der Waals surface area contributed by atoms with Gasteiger partial charge >= 0.3 is 5.97 Å². The lowest BCUT2D eigenvalue weighted by molar-refractivity contribution is -0.147. The van der Waals surface area contributed by atoms with Crippen LogP contribution in [0.25, 0.3) is 0 Å². The van der Waals surface area contributed by atoms with E-state index in [0.717, 1.165) is 6.42 Å². The largest absolute Gasteiger partial charge is 0.464 e. The van der Waals surface area contributed by atoms with Crippen molar-refractivity contribution in [1.82, 2.24) is 4.90 Å². The molecule has 0 spiro atoms. The molecule has 0 radical (unpaired) electrons. The standard InChI is InChI=1S/C14H17ClN2O3/c1-2-20-14(19)12-4-3-7-17(12)13(18)10-6-5-9(15)8-11(10)16/h5-6,8,12H,2-4,7,16H2,1H3. The molecule has 1 aromatic carbocycles. The van der Waals surface area contributed by atoms with Crippen molar-refractivity contribution >= 4 is 29.2 Å². The molecule has 20 heavy (non-hydrogen) atoms. The number of nitrogens with zero attached hydrogens (tertiary/aromatic N) is 1. The second-order valence-corrected chi connectivity index (χ2v) is 5.08. The third-order valence-corrected chi connectivity index (χ3v) is 3.55. The lowest BCUT2D eigenvalue weighted by Crippen LogP contribution is -2.41. The lowest BCUT2D eigenvalue weighted by atomic mass is 10.1. The molecular weight excluding hydrogens is 280 g/mol. The number of hydrogen-bond acceptors (Lipinski definition) is 4. The Morgan fingerprint density at radius 3 is 2.90 bits per heavy atom. The number of halogens is 1. The molecule has 0 aliphatic carbocycles. The quantitative estimate of drug-likeness (QED) is 0.685. The first-order valence-corrected chi connectivity index (χ1v) is 6.95. The van der Waals surface area contributed by atoms with Gasteiger partial charge in [-0.25, -0.2) is 4.79 Å². The van der Waals surface area contributed by atoms with Gasteiger partial charge in [0.05, 0.1) is 12.2 Å². The Balaban J connectivity index is 2.21.